The number of anilines is 1. The zero-order valence-corrected chi connectivity index (χ0v) is 16.2. The molecule has 0 bridgehead atoms. The summed E-state index contributed by atoms with van der Waals surface area (Å²) in [6, 6.07) is 13.9. The number of carbonyl (C=O) groups excluding carboxylic acids is 1. The molecule has 0 fully saturated rings. The van der Waals surface area contributed by atoms with E-state index in [-0.39, 0.29) is 10.8 Å². The molecule has 0 saturated carbocycles. The monoisotopic (exact) mass is 385 g/mol. The minimum atomic E-state index is -3.59. The first-order valence-corrected chi connectivity index (χ1v) is 10.4. The highest BCUT2D eigenvalue weighted by Crippen LogP contribution is 2.22. The summed E-state index contributed by atoms with van der Waals surface area (Å²) in [7, 11) is -1.71. The van der Waals surface area contributed by atoms with E-state index in [1.165, 1.54) is 12.1 Å². The van der Waals surface area contributed by atoms with E-state index in [9.17, 15) is 13.2 Å². The van der Waals surface area contributed by atoms with Gasteiger partial charge in [0.2, 0.25) is 10.0 Å². The maximum atomic E-state index is 12.7. The smallest absolute Gasteiger partial charge is 0.257 e. The molecule has 27 heavy (non-hydrogen) atoms. The van der Waals surface area contributed by atoms with Crippen molar-refractivity contribution in [1.82, 2.24) is 9.29 Å². The predicted octanol–water partition coefficient (Wildman–Crippen LogP) is 3.51. The molecule has 0 atom stereocenters. The number of para-hydroxylation sites is 1. The molecule has 0 aliphatic carbocycles. The summed E-state index contributed by atoms with van der Waals surface area (Å²) in [5.41, 5.74) is 1.94. The first kappa shape index (κ1) is 19.1. The van der Waals surface area contributed by atoms with Crippen LogP contribution in [-0.4, -0.2) is 25.4 Å². The number of sulfonamides is 1. The zero-order valence-electron chi connectivity index (χ0n) is 15.4. The molecule has 3 aromatic rings. The van der Waals surface area contributed by atoms with Crippen molar-refractivity contribution < 1.29 is 13.2 Å². The lowest BCUT2D eigenvalue weighted by atomic mass is 10.1. The minimum absolute atomic E-state index is 0.134. The summed E-state index contributed by atoms with van der Waals surface area (Å²) >= 11 is 0. The van der Waals surface area contributed by atoms with Crippen molar-refractivity contribution in [3.8, 4) is 0 Å². The standard InChI is InChI=1S/C20H23N3O3S/c1-3-4-12-21-27(25,26)16-9-7-8-15(13-16)22-20(24)18-14-23(2)19-11-6-5-10-17(18)19/h5-11,13-14,21H,3-4,12H2,1-2H3,(H,22,24). The van der Waals surface area contributed by atoms with Crippen molar-refractivity contribution in [1.29, 1.82) is 0 Å². The van der Waals surface area contributed by atoms with Crippen LogP contribution in [0.3, 0.4) is 0 Å². The van der Waals surface area contributed by atoms with Crippen molar-refractivity contribution in [3.05, 3.63) is 60.3 Å². The third-order valence-corrected chi connectivity index (χ3v) is 5.82. The molecule has 1 amide bonds. The molecule has 0 aliphatic heterocycles. The Bertz CT molecular complexity index is 1070. The van der Waals surface area contributed by atoms with Gasteiger partial charge in [0.1, 0.15) is 0 Å². The topological polar surface area (TPSA) is 80.2 Å². The molecule has 2 aromatic carbocycles. The molecule has 1 aromatic heterocycles. The highest BCUT2D eigenvalue weighted by atomic mass is 32.2. The van der Waals surface area contributed by atoms with Gasteiger partial charge in [0.15, 0.2) is 0 Å². The summed E-state index contributed by atoms with van der Waals surface area (Å²) in [6.45, 7) is 2.39. The number of hydrogen-bond donors (Lipinski definition) is 2. The second-order valence-electron chi connectivity index (χ2n) is 6.40. The summed E-state index contributed by atoms with van der Waals surface area (Å²) < 4.78 is 29.2. The Labute approximate surface area is 159 Å². The Morgan fingerprint density at radius 3 is 2.67 bits per heavy atom. The fraction of sp³-hybridized carbons (Fsp3) is 0.250. The predicted molar refractivity (Wildman–Crippen MR) is 107 cm³/mol. The number of aromatic nitrogens is 1. The normalized spacial score (nSPS) is 11.6. The van der Waals surface area contributed by atoms with Gasteiger partial charge in [0.25, 0.3) is 5.91 Å². The van der Waals surface area contributed by atoms with E-state index in [0.717, 1.165) is 23.7 Å². The molecule has 0 spiro atoms. The average molecular weight is 385 g/mol. The largest absolute Gasteiger partial charge is 0.350 e. The minimum Gasteiger partial charge on any atom is -0.350 e. The number of aryl methyl sites for hydroxylation is 1. The number of fused-ring (bicyclic) bond motifs is 1. The maximum Gasteiger partial charge on any atom is 0.257 e. The van der Waals surface area contributed by atoms with Gasteiger partial charge < -0.3 is 9.88 Å². The van der Waals surface area contributed by atoms with Crippen LogP contribution in [0.5, 0.6) is 0 Å². The quantitative estimate of drug-likeness (QED) is 0.611. The Morgan fingerprint density at radius 1 is 1.11 bits per heavy atom. The maximum absolute atomic E-state index is 12.7. The Balaban J connectivity index is 1.82. The van der Waals surface area contributed by atoms with Crippen molar-refractivity contribution in [2.24, 2.45) is 7.05 Å². The van der Waals surface area contributed by atoms with Crippen LogP contribution in [0.15, 0.2) is 59.6 Å². The van der Waals surface area contributed by atoms with Gasteiger partial charge in [-0.15, -0.1) is 0 Å². The fourth-order valence-electron chi connectivity index (χ4n) is 2.93. The molecule has 0 unspecified atom stereocenters. The van der Waals surface area contributed by atoms with Crippen molar-refractivity contribution in [2.75, 3.05) is 11.9 Å². The lowest BCUT2D eigenvalue weighted by Crippen LogP contribution is -2.24. The molecule has 2 N–H and O–H groups in total. The highest BCUT2D eigenvalue weighted by molar-refractivity contribution is 7.89. The molecule has 142 valence electrons. The fourth-order valence-corrected chi connectivity index (χ4v) is 4.05. The molecule has 7 heteroatoms. The van der Waals surface area contributed by atoms with Gasteiger partial charge in [-0.2, -0.15) is 0 Å². The lowest BCUT2D eigenvalue weighted by Gasteiger charge is -2.09. The van der Waals surface area contributed by atoms with Crippen LogP contribution in [-0.2, 0) is 17.1 Å². The Morgan fingerprint density at radius 2 is 1.89 bits per heavy atom. The number of unbranched alkanes of at least 4 members (excludes halogenated alkanes) is 1. The first-order chi connectivity index (χ1) is 12.9. The van der Waals surface area contributed by atoms with Gasteiger partial charge in [-0.05, 0) is 30.7 Å². The number of nitrogens with one attached hydrogen (secondary N) is 2. The molecule has 3 rings (SSSR count). The van der Waals surface area contributed by atoms with Crippen molar-refractivity contribution in [2.45, 2.75) is 24.7 Å². The molecule has 0 aliphatic rings. The SMILES string of the molecule is CCCCNS(=O)(=O)c1cccc(NC(=O)c2cn(C)c3ccccc23)c1. The van der Waals surface area contributed by atoms with Crippen molar-refractivity contribution >= 4 is 32.5 Å². The zero-order chi connectivity index (χ0) is 19.4. The number of amides is 1. The third kappa shape index (κ3) is 4.20. The van der Waals surface area contributed by atoms with Gasteiger partial charge in [0, 0.05) is 36.4 Å². The Kier molecular flexibility index (Phi) is 5.62. The van der Waals surface area contributed by atoms with E-state index in [1.807, 2.05) is 42.8 Å². The summed E-state index contributed by atoms with van der Waals surface area (Å²) in [5, 5.41) is 3.65. The number of benzene rings is 2. The van der Waals surface area contributed by atoms with Crippen molar-refractivity contribution in [3.63, 3.8) is 0 Å². The van der Waals surface area contributed by atoms with Gasteiger partial charge >= 0.3 is 0 Å². The van der Waals surface area contributed by atoms with Crippen LogP contribution >= 0.6 is 0 Å². The number of hydrogen-bond acceptors (Lipinski definition) is 3. The third-order valence-electron chi connectivity index (χ3n) is 4.37. The highest BCUT2D eigenvalue weighted by Gasteiger charge is 2.16. The van der Waals surface area contributed by atoms with Crippen LogP contribution in [0.25, 0.3) is 10.9 Å². The van der Waals surface area contributed by atoms with Gasteiger partial charge in [0.05, 0.1) is 10.5 Å². The van der Waals surface area contributed by atoms with Crippen LogP contribution in [0.2, 0.25) is 0 Å². The van der Waals surface area contributed by atoms with E-state index in [4.69, 9.17) is 0 Å². The summed E-state index contributed by atoms with van der Waals surface area (Å²) in [6.07, 6.45) is 3.45. The lowest BCUT2D eigenvalue weighted by molar-refractivity contribution is 0.102. The molecular weight excluding hydrogens is 362 g/mol. The van der Waals surface area contributed by atoms with E-state index in [1.54, 1.807) is 18.3 Å². The first-order valence-electron chi connectivity index (χ1n) is 8.87. The van der Waals surface area contributed by atoms with E-state index in [2.05, 4.69) is 10.0 Å². The molecule has 6 nitrogen and oxygen atoms in total. The molecule has 0 saturated heterocycles. The number of carbonyl (C=O) groups is 1. The number of nitrogens with zero attached hydrogens (tertiary/aromatic N) is 1. The molecule has 1 heterocycles. The molecule has 0 radical (unpaired) electrons. The Hall–Kier alpha value is -2.64. The average Bonchev–Trinajstić information content (AvgIpc) is 2.99. The molecular formula is C20H23N3O3S. The number of rotatable bonds is 7. The second-order valence-corrected chi connectivity index (χ2v) is 8.17. The van der Waals surface area contributed by atoms with Crippen LogP contribution in [0.1, 0.15) is 30.1 Å². The van der Waals surface area contributed by atoms with Crippen LogP contribution in [0, 0.1) is 0 Å². The van der Waals surface area contributed by atoms with Crippen LogP contribution in [0.4, 0.5) is 5.69 Å². The van der Waals surface area contributed by atoms with Crippen LogP contribution < -0.4 is 10.0 Å². The van der Waals surface area contributed by atoms with Gasteiger partial charge in [-0.25, -0.2) is 13.1 Å². The van der Waals surface area contributed by atoms with E-state index in [0.29, 0.717) is 17.8 Å². The van der Waals surface area contributed by atoms with Gasteiger partial charge in [-0.1, -0.05) is 37.6 Å². The van der Waals surface area contributed by atoms with E-state index < -0.39 is 10.0 Å². The van der Waals surface area contributed by atoms with E-state index >= 15 is 0 Å². The van der Waals surface area contributed by atoms with Gasteiger partial charge in [-0.3, -0.25) is 4.79 Å². The summed E-state index contributed by atoms with van der Waals surface area (Å²) in [4.78, 5) is 12.9. The summed E-state index contributed by atoms with van der Waals surface area (Å²) in [5.74, 6) is -0.278. The second kappa shape index (κ2) is 7.94.